The van der Waals surface area contributed by atoms with Crippen molar-refractivity contribution in [1.82, 2.24) is 14.5 Å². The zero-order valence-electron chi connectivity index (χ0n) is 10.9. The van der Waals surface area contributed by atoms with Crippen molar-refractivity contribution < 1.29 is 9.90 Å². The topological polar surface area (TPSA) is 68.0 Å². The Hall–Kier alpha value is -2.21. The second-order valence-electron chi connectivity index (χ2n) is 4.43. The van der Waals surface area contributed by atoms with E-state index in [1.165, 1.54) is 0 Å². The third kappa shape index (κ3) is 2.08. The summed E-state index contributed by atoms with van der Waals surface area (Å²) >= 11 is 1.55. The molecular formula is C14H13N3O2S. The lowest BCUT2D eigenvalue weighted by molar-refractivity contribution is 0.0699. The van der Waals surface area contributed by atoms with E-state index in [-0.39, 0.29) is 5.56 Å². The summed E-state index contributed by atoms with van der Waals surface area (Å²) in [6.45, 7) is 2.63. The minimum Gasteiger partial charge on any atom is -0.478 e. The van der Waals surface area contributed by atoms with Crippen molar-refractivity contribution in [2.75, 3.05) is 0 Å². The lowest BCUT2D eigenvalue weighted by atomic mass is 10.2. The molecular weight excluding hydrogens is 274 g/mol. The molecule has 0 unspecified atom stereocenters. The molecule has 2 heterocycles. The molecule has 2 aromatic heterocycles. The smallest absolute Gasteiger partial charge is 0.337 e. The number of rotatable bonds is 4. The second kappa shape index (κ2) is 5.05. The van der Waals surface area contributed by atoms with Crippen LogP contribution in [0.15, 0.2) is 29.1 Å². The van der Waals surface area contributed by atoms with Crippen LogP contribution in [-0.4, -0.2) is 25.6 Å². The SMILES string of the molecule is CCc1nc2c(C(=O)O)cccc2n1Cc1cscn1. The first-order chi connectivity index (χ1) is 9.70. The van der Waals surface area contributed by atoms with Gasteiger partial charge in [-0.2, -0.15) is 0 Å². The van der Waals surface area contributed by atoms with Gasteiger partial charge in [0.05, 0.1) is 28.8 Å². The van der Waals surface area contributed by atoms with Crippen molar-refractivity contribution in [2.24, 2.45) is 0 Å². The van der Waals surface area contributed by atoms with Gasteiger partial charge >= 0.3 is 5.97 Å². The average molecular weight is 287 g/mol. The number of aromatic carboxylic acids is 1. The molecule has 3 aromatic rings. The third-order valence-corrected chi connectivity index (χ3v) is 3.84. The van der Waals surface area contributed by atoms with Crippen molar-refractivity contribution in [2.45, 2.75) is 19.9 Å². The van der Waals surface area contributed by atoms with Crippen LogP contribution in [0.25, 0.3) is 11.0 Å². The lowest BCUT2D eigenvalue weighted by Crippen LogP contribution is -2.04. The molecule has 0 fully saturated rings. The van der Waals surface area contributed by atoms with Gasteiger partial charge in [-0.25, -0.2) is 14.8 Å². The Kier molecular flexibility index (Phi) is 3.23. The predicted octanol–water partition coefficient (Wildman–Crippen LogP) is 2.80. The van der Waals surface area contributed by atoms with E-state index in [1.54, 1.807) is 29.0 Å². The van der Waals surface area contributed by atoms with E-state index < -0.39 is 5.97 Å². The third-order valence-electron chi connectivity index (χ3n) is 3.21. The molecule has 0 aliphatic rings. The monoisotopic (exact) mass is 287 g/mol. The minimum atomic E-state index is -0.948. The number of carboxylic acid groups (broad SMARTS) is 1. The molecule has 0 amide bonds. The van der Waals surface area contributed by atoms with Crippen molar-refractivity contribution >= 4 is 28.3 Å². The maximum Gasteiger partial charge on any atom is 0.337 e. The number of nitrogens with zero attached hydrogens (tertiary/aromatic N) is 3. The minimum absolute atomic E-state index is 0.245. The summed E-state index contributed by atoms with van der Waals surface area (Å²) in [4.78, 5) is 20.1. The van der Waals surface area contributed by atoms with Gasteiger partial charge in [-0.05, 0) is 12.1 Å². The Morgan fingerprint density at radius 1 is 1.45 bits per heavy atom. The standard InChI is InChI=1S/C14H13N3O2S/c1-2-12-16-13-10(14(18)19)4-3-5-11(13)17(12)6-9-7-20-8-15-9/h3-5,7-8H,2,6H2,1H3,(H,18,19). The van der Waals surface area contributed by atoms with Crippen molar-refractivity contribution in [3.8, 4) is 0 Å². The van der Waals surface area contributed by atoms with Gasteiger partial charge in [-0.3, -0.25) is 0 Å². The van der Waals surface area contributed by atoms with E-state index >= 15 is 0 Å². The van der Waals surface area contributed by atoms with Gasteiger partial charge in [0.25, 0.3) is 0 Å². The number of para-hydroxylation sites is 1. The van der Waals surface area contributed by atoms with E-state index in [9.17, 15) is 9.90 Å². The average Bonchev–Trinajstić information content (AvgIpc) is 3.06. The molecule has 0 bridgehead atoms. The molecule has 0 saturated carbocycles. The number of aromatic nitrogens is 3. The Balaban J connectivity index is 2.19. The number of hydrogen-bond donors (Lipinski definition) is 1. The fourth-order valence-corrected chi connectivity index (χ4v) is 2.84. The van der Waals surface area contributed by atoms with Crippen LogP contribution >= 0.6 is 11.3 Å². The highest BCUT2D eigenvalue weighted by atomic mass is 32.1. The molecule has 20 heavy (non-hydrogen) atoms. The Morgan fingerprint density at radius 3 is 2.95 bits per heavy atom. The van der Waals surface area contributed by atoms with Crippen LogP contribution in [0.2, 0.25) is 0 Å². The van der Waals surface area contributed by atoms with Gasteiger partial charge in [0.2, 0.25) is 0 Å². The molecule has 0 spiro atoms. The molecule has 1 N–H and O–H groups in total. The fourth-order valence-electron chi connectivity index (χ4n) is 2.29. The molecule has 0 aliphatic heterocycles. The number of carbonyl (C=O) groups is 1. The molecule has 0 saturated heterocycles. The van der Waals surface area contributed by atoms with Gasteiger partial charge in [-0.1, -0.05) is 13.0 Å². The highest BCUT2D eigenvalue weighted by Crippen LogP contribution is 2.22. The predicted molar refractivity (Wildman–Crippen MR) is 77.3 cm³/mol. The van der Waals surface area contributed by atoms with Crippen LogP contribution in [0.1, 0.15) is 28.8 Å². The van der Waals surface area contributed by atoms with Gasteiger partial charge in [-0.15, -0.1) is 11.3 Å². The molecule has 102 valence electrons. The van der Waals surface area contributed by atoms with Crippen molar-refractivity contribution in [1.29, 1.82) is 0 Å². The van der Waals surface area contributed by atoms with Gasteiger partial charge in [0.1, 0.15) is 11.3 Å². The summed E-state index contributed by atoms with van der Waals surface area (Å²) in [5.74, 6) is -0.0711. The van der Waals surface area contributed by atoms with Crippen LogP contribution in [0, 0.1) is 0 Å². The first-order valence-corrected chi connectivity index (χ1v) is 7.23. The Morgan fingerprint density at radius 2 is 2.30 bits per heavy atom. The largest absolute Gasteiger partial charge is 0.478 e. The van der Waals surface area contributed by atoms with Crippen LogP contribution in [0.3, 0.4) is 0 Å². The van der Waals surface area contributed by atoms with Crippen molar-refractivity contribution in [3.63, 3.8) is 0 Å². The van der Waals surface area contributed by atoms with E-state index in [1.807, 2.05) is 22.9 Å². The highest BCUT2D eigenvalue weighted by molar-refractivity contribution is 7.07. The number of aryl methyl sites for hydroxylation is 1. The Labute approximate surface area is 119 Å². The van der Waals surface area contributed by atoms with Crippen molar-refractivity contribution in [3.05, 3.63) is 46.2 Å². The molecule has 0 aliphatic carbocycles. The van der Waals surface area contributed by atoms with E-state index in [0.717, 1.165) is 23.5 Å². The molecule has 1 aromatic carbocycles. The van der Waals surface area contributed by atoms with Gasteiger partial charge in [0, 0.05) is 11.8 Å². The van der Waals surface area contributed by atoms with E-state index in [0.29, 0.717) is 12.1 Å². The van der Waals surface area contributed by atoms with Gasteiger partial charge in [0.15, 0.2) is 0 Å². The van der Waals surface area contributed by atoms with Crippen LogP contribution in [-0.2, 0) is 13.0 Å². The summed E-state index contributed by atoms with van der Waals surface area (Å²) in [6.07, 6.45) is 0.748. The number of fused-ring (bicyclic) bond motifs is 1. The molecule has 3 rings (SSSR count). The molecule has 5 nitrogen and oxygen atoms in total. The van der Waals surface area contributed by atoms with Gasteiger partial charge < -0.3 is 9.67 Å². The summed E-state index contributed by atoms with van der Waals surface area (Å²) in [6, 6.07) is 5.25. The zero-order valence-corrected chi connectivity index (χ0v) is 11.7. The van der Waals surface area contributed by atoms with E-state index in [4.69, 9.17) is 0 Å². The fraction of sp³-hybridized carbons (Fsp3) is 0.214. The number of imidazole rings is 1. The van der Waals surface area contributed by atoms with Crippen LogP contribution in [0.5, 0.6) is 0 Å². The number of carboxylic acids is 1. The van der Waals surface area contributed by atoms with Crippen LogP contribution in [0.4, 0.5) is 0 Å². The molecule has 0 atom stereocenters. The zero-order chi connectivity index (χ0) is 14.1. The first kappa shape index (κ1) is 12.8. The maximum absolute atomic E-state index is 11.3. The quantitative estimate of drug-likeness (QED) is 0.801. The normalized spacial score (nSPS) is 11.1. The number of benzene rings is 1. The number of thiazole rings is 1. The maximum atomic E-state index is 11.3. The van der Waals surface area contributed by atoms with Crippen LogP contribution < -0.4 is 0 Å². The summed E-state index contributed by atoms with van der Waals surface area (Å²) < 4.78 is 2.04. The molecule has 0 radical (unpaired) electrons. The number of hydrogen-bond acceptors (Lipinski definition) is 4. The first-order valence-electron chi connectivity index (χ1n) is 6.29. The summed E-state index contributed by atoms with van der Waals surface area (Å²) in [7, 11) is 0. The Bertz CT molecular complexity index is 762. The highest BCUT2D eigenvalue weighted by Gasteiger charge is 2.16. The summed E-state index contributed by atoms with van der Waals surface area (Å²) in [5.41, 5.74) is 4.39. The second-order valence-corrected chi connectivity index (χ2v) is 5.14. The lowest BCUT2D eigenvalue weighted by Gasteiger charge is -2.06. The summed E-state index contributed by atoms with van der Waals surface area (Å²) in [5, 5.41) is 11.2. The molecule has 6 heteroatoms. The van der Waals surface area contributed by atoms with E-state index in [2.05, 4.69) is 9.97 Å².